The van der Waals surface area contributed by atoms with Gasteiger partial charge in [0.1, 0.15) is 5.82 Å². The molecule has 1 saturated heterocycles. The summed E-state index contributed by atoms with van der Waals surface area (Å²) in [5.74, 6) is 0.947. The summed E-state index contributed by atoms with van der Waals surface area (Å²) in [4.78, 5) is 6.74. The molecule has 0 radical (unpaired) electrons. The second-order valence-electron chi connectivity index (χ2n) is 7.69. The summed E-state index contributed by atoms with van der Waals surface area (Å²) < 4.78 is 30.7. The summed E-state index contributed by atoms with van der Waals surface area (Å²) in [7, 11) is -3.26. The highest BCUT2D eigenvalue weighted by Gasteiger charge is 2.33. The molecular weight excluding hydrogens is 360 g/mol. The van der Waals surface area contributed by atoms with E-state index in [1.54, 1.807) is 0 Å². The minimum Gasteiger partial charge on any atom is -0.303 e. The molecule has 1 aliphatic heterocycles. The van der Waals surface area contributed by atoms with Crippen LogP contribution in [0.4, 0.5) is 0 Å². The van der Waals surface area contributed by atoms with Crippen molar-refractivity contribution in [3.63, 3.8) is 0 Å². The quantitative estimate of drug-likeness (QED) is 0.826. The second-order valence-corrected chi connectivity index (χ2v) is 9.69. The average molecular weight is 389 g/mol. The van der Waals surface area contributed by atoms with Gasteiger partial charge in [-0.25, -0.2) is 18.1 Å². The van der Waals surface area contributed by atoms with Crippen molar-refractivity contribution in [2.45, 2.75) is 56.4 Å². The lowest BCUT2D eigenvalue weighted by Gasteiger charge is -2.32. The van der Waals surface area contributed by atoms with E-state index in [1.165, 1.54) is 0 Å². The van der Waals surface area contributed by atoms with Gasteiger partial charge < -0.3 is 4.57 Å². The van der Waals surface area contributed by atoms with Crippen molar-refractivity contribution < 1.29 is 8.42 Å². The monoisotopic (exact) mass is 388 g/mol. The van der Waals surface area contributed by atoms with Crippen LogP contribution in [0.2, 0.25) is 0 Å². The molecule has 6 nitrogen and oxygen atoms in total. The van der Waals surface area contributed by atoms with Crippen molar-refractivity contribution in [3.8, 4) is 5.69 Å². The first kappa shape index (κ1) is 18.7. The van der Waals surface area contributed by atoms with Gasteiger partial charge in [-0.2, -0.15) is 0 Å². The molecule has 0 amide bonds. The fourth-order valence-corrected chi connectivity index (χ4v) is 6.03. The first-order chi connectivity index (χ1) is 13.1. The maximum absolute atomic E-state index is 12.8. The van der Waals surface area contributed by atoms with E-state index in [1.807, 2.05) is 30.6 Å². The van der Waals surface area contributed by atoms with Crippen LogP contribution in [0.1, 0.15) is 44.3 Å². The van der Waals surface area contributed by atoms with Crippen molar-refractivity contribution in [2.24, 2.45) is 0 Å². The van der Waals surface area contributed by atoms with E-state index in [-0.39, 0.29) is 11.3 Å². The number of aromatic nitrogens is 2. The molecule has 2 aromatic rings. The Balaban J connectivity index is 1.43. The molecular formula is C20H28N4O2S. The van der Waals surface area contributed by atoms with Crippen molar-refractivity contribution in [3.05, 3.63) is 48.5 Å². The Morgan fingerprint density at radius 1 is 1.07 bits per heavy atom. The number of benzene rings is 1. The van der Waals surface area contributed by atoms with Gasteiger partial charge in [-0.1, -0.05) is 31.0 Å². The Morgan fingerprint density at radius 2 is 1.85 bits per heavy atom. The normalized spacial score (nSPS) is 22.3. The van der Waals surface area contributed by atoms with Crippen molar-refractivity contribution in [2.75, 3.05) is 13.1 Å². The molecule has 0 spiro atoms. The molecule has 7 heteroatoms. The van der Waals surface area contributed by atoms with Gasteiger partial charge in [0.05, 0.1) is 11.8 Å². The van der Waals surface area contributed by atoms with Crippen molar-refractivity contribution in [1.82, 2.24) is 19.2 Å². The summed E-state index contributed by atoms with van der Waals surface area (Å²) in [5, 5.41) is -0.327. The van der Waals surface area contributed by atoms with E-state index in [2.05, 4.69) is 31.3 Å². The van der Waals surface area contributed by atoms with Gasteiger partial charge in [-0.15, -0.1) is 0 Å². The summed E-state index contributed by atoms with van der Waals surface area (Å²) in [5.41, 5.74) is 1.08. The third-order valence-corrected chi connectivity index (χ3v) is 7.63. The average Bonchev–Trinajstić information content (AvgIpc) is 3.34. The number of likely N-dealkylation sites (tertiary alicyclic amines) is 1. The van der Waals surface area contributed by atoms with E-state index >= 15 is 0 Å². The lowest BCUT2D eigenvalue weighted by Crippen LogP contribution is -2.48. The summed E-state index contributed by atoms with van der Waals surface area (Å²) in [6, 6.07) is 10.3. The Labute approximate surface area is 161 Å². The van der Waals surface area contributed by atoms with Crippen molar-refractivity contribution >= 4 is 10.0 Å². The molecule has 1 aromatic carbocycles. The zero-order valence-corrected chi connectivity index (χ0v) is 16.4. The number of imidazole rings is 1. The predicted octanol–water partition coefficient (Wildman–Crippen LogP) is 2.70. The van der Waals surface area contributed by atoms with E-state index in [0.717, 1.165) is 56.6 Å². The van der Waals surface area contributed by atoms with Gasteiger partial charge in [-0.3, -0.25) is 4.90 Å². The molecule has 1 unspecified atom stereocenters. The van der Waals surface area contributed by atoms with E-state index in [0.29, 0.717) is 13.1 Å². The van der Waals surface area contributed by atoms with Crippen LogP contribution in [-0.2, 0) is 16.6 Å². The molecule has 146 valence electrons. The molecule has 1 atom stereocenters. The molecule has 2 aliphatic rings. The standard InChI is InChI=1S/C20H28N4O2S/c25-27(26,22-17-7-4-5-8-17)19-11-6-13-23(15-19)16-20-21-12-14-24(20)18-9-2-1-3-10-18/h1-3,9-10,12,14,17,19,22H,4-8,11,13,15-16H2. The van der Waals surface area contributed by atoms with Gasteiger partial charge >= 0.3 is 0 Å². The van der Waals surface area contributed by atoms with Crippen LogP contribution in [0.15, 0.2) is 42.7 Å². The van der Waals surface area contributed by atoms with E-state index in [4.69, 9.17) is 0 Å². The number of hydrogen-bond acceptors (Lipinski definition) is 4. The smallest absolute Gasteiger partial charge is 0.215 e. The number of nitrogens with one attached hydrogen (secondary N) is 1. The number of rotatable bonds is 6. The van der Waals surface area contributed by atoms with Gasteiger partial charge in [0, 0.05) is 30.7 Å². The Hall–Kier alpha value is -1.70. The van der Waals surface area contributed by atoms with E-state index in [9.17, 15) is 8.42 Å². The van der Waals surface area contributed by atoms with Gasteiger partial charge in [0.2, 0.25) is 10.0 Å². The van der Waals surface area contributed by atoms with Crippen LogP contribution >= 0.6 is 0 Å². The van der Waals surface area contributed by atoms with Crippen LogP contribution in [0, 0.1) is 0 Å². The summed E-state index contributed by atoms with van der Waals surface area (Å²) in [6.07, 6.45) is 9.63. The maximum Gasteiger partial charge on any atom is 0.215 e. The molecule has 1 aliphatic carbocycles. The highest BCUT2D eigenvalue weighted by Crippen LogP contribution is 2.23. The van der Waals surface area contributed by atoms with Crippen LogP contribution in [-0.4, -0.2) is 47.3 Å². The Bertz CT molecular complexity index is 844. The molecule has 27 heavy (non-hydrogen) atoms. The van der Waals surface area contributed by atoms with Gasteiger partial charge in [0.25, 0.3) is 0 Å². The fourth-order valence-electron chi connectivity index (χ4n) is 4.26. The lowest BCUT2D eigenvalue weighted by molar-refractivity contribution is 0.215. The number of nitrogens with zero attached hydrogens (tertiary/aromatic N) is 3. The van der Waals surface area contributed by atoms with Crippen molar-refractivity contribution in [1.29, 1.82) is 0 Å². The third-order valence-electron chi connectivity index (χ3n) is 5.70. The van der Waals surface area contributed by atoms with Crippen LogP contribution < -0.4 is 4.72 Å². The number of hydrogen-bond donors (Lipinski definition) is 1. The largest absolute Gasteiger partial charge is 0.303 e. The third kappa shape index (κ3) is 4.42. The fraction of sp³-hybridized carbons (Fsp3) is 0.550. The zero-order valence-electron chi connectivity index (χ0n) is 15.6. The SMILES string of the molecule is O=S(=O)(NC1CCCC1)C1CCCN(Cc2nccn2-c2ccccc2)C1. The minimum atomic E-state index is -3.26. The van der Waals surface area contributed by atoms with Gasteiger partial charge in [-0.05, 0) is 44.4 Å². The molecule has 1 saturated carbocycles. The highest BCUT2D eigenvalue weighted by molar-refractivity contribution is 7.90. The number of piperidine rings is 1. The first-order valence-corrected chi connectivity index (χ1v) is 11.5. The minimum absolute atomic E-state index is 0.141. The van der Waals surface area contributed by atoms with Crippen LogP contribution in [0.3, 0.4) is 0 Å². The molecule has 2 fully saturated rings. The maximum atomic E-state index is 12.8. The topological polar surface area (TPSA) is 67.2 Å². The molecule has 2 heterocycles. The summed E-state index contributed by atoms with van der Waals surface area (Å²) in [6.45, 7) is 2.15. The zero-order chi connectivity index (χ0) is 18.7. The van der Waals surface area contributed by atoms with E-state index < -0.39 is 10.0 Å². The predicted molar refractivity (Wildman–Crippen MR) is 106 cm³/mol. The van der Waals surface area contributed by atoms with Gasteiger partial charge in [0.15, 0.2) is 0 Å². The number of sulfonamides is 1. The second kappa shape index (κ2) is 8.12. The molecule has 1 N–H and O–H groups in total. The Kier molecular flexibility index (Phi) is 5.61. The lowest BCUT2D eigenvalue weighted by atomic mass is 10.1. The molecule has 1 aromatic heterocycles. The molecule has 0 bridgehead atoms. The summed E-state index contributed by atoms with van der Waals surface area (Å²) >= 11 is 0. The van der Waals surface area contributed by atoms with Crippen LogP contribution in [0.25, 0.3) is 5.69 Å². The Morgan fingerprint density at radius 3 is 2.63 bits per heavy atom. The molecule has 4 rings (SSSR count). The first-order valence-electron chi connectivity index (χ1n) is 9.93. The number of para-hydroxylation sites is 1. The van der Waals surface area contributed by atoms with Crippen LogP contribution in [0.5, 0.6) is 0 Å². The highest BCUT2D eigenvalue weighted by atomic mass is 32.2.